The Balaban J connectivity index is 1.41. The number of hydrogen-bond acceptors (Lipinski definition) is 5. The van der Waals surface area contributed by atoms with Crippen molar-refractivity contribution in [2.75, 3.05) is 23.8 Å². The Morgan fingerprint density at radius 3 is 2.69 bits per heavy atom. The molecule has 0 saturated heterocycles. The van der Waals surface area contributed by atoms with Gasteiger partial charge in [-0.05, 0) is 29.8 Å². The van der Waals surface area contributed by atoms with Crippen LogP contribution in [0.25, 0.3) is 0 Å². The predicted octanol–water partition coefficient (Wildman–Crippen LogP) is 4.82. The Bertz CT molecular complexity index is 1120. The normalized spacial score (nSPS) is 12.7. The third-order valence-corrected chi connectivity index (χ3v) is 5.01. The fourth-order valence-corrected chi connectivity index (χ4v) is 3.48. The standard InChI is InChI=1S/C24H22ClN3O4/c25-19-10-18(11-21(12-19)28-24(30)32-15-16-4-2-1-3-5-16)23(29)27-20-7-6-17-14-26-8-9-31-22(17)13-20/h1-7,10-13,26H,8-9,14-15H2,(H,27,29)(H,28,30). The third kappa shape index (κ3) is 5.78. The van der Waals surface area contributed by atoms with Gasteiger partial charge in [-0.3, -0.25) is 10.1 Å². The number of carbonyl (C=O) groups is 2. The van der Waals surface area contributed by atoms with Gasteiger partial charge >= 0.3 is 6.09 Å². The molecular weight excluding hydrogens is 430 g/mol. The van der Waals surface area contributed by atoms with Crippen LogP contribution in [0.5, 0.6) is 5.75 Å². The van der Waals surface area contributed by atoms with Crippen LogP contribution in [0.1, 0.15) is 21.5 Å². The number of anilines is 2. The van der Waals surface area contributed by atoms with Crippen LogP contribution in [0, 0.1) is 0 Å². The number of hydrogen-bond donors (Lipinski definition) is 3. The van der Waals surface area contributed by atoms with E-state index in [2.05, 4.69) is 16.0 Å². The van der Waals surface area contributed by atoms with Gasteiger partial charge in [0.15, 0.2) is 0 Å². The predicted molar refractivity (Wildman–Crippen MR) is 123 cm³/mol. The number of ether oxygens (including phenoxy) is 2. The van der Waals surface area contributed by atoms with E-state index in [4.69, 9.17) is 21.1 Å². The van der Waals surface area contributed by atoms with E-state index in [1.54, 1.807) is 12.1 Å². The molecule has 8 heteroatoms. The smallest absolute Gasteiger partial charge is 0.411 e. The molecule has 0 radical (unpaired) electrons. The molecule has 3 aromatic carbocycles. The second-order valence-corrected chi connectivity index (χ2v) is 7.65. The van der Waals surface area contributed by atoms with Crippen molar-refractivity contribution in [2.45, 2.75) is 13.2 Å². The number of carbonyl (C=O) groups excluding carboxylic acids is 2. The van der Waals surface area contributed by atoms with Crippen molar-refractivity contribution in [3.05, 3.63) is 88.4 Å². The lowest BCUT2D eigenvalue weighted by Gasteiger charge is -2.12. The molecule has 0 unspecified atom stereocenters. The van der Waals surface area contributed by atoms with E-state index in [9.17, 15) is 9.59 Å². The average Bonchev–Trinajstić information content (AvgIpc) is 3.03. The summed E-state index contributed by atoms with van der Waals surface area (Å²) in [5.74, 6) is 0.377. The summed E-state index contributed by atoms with van der Waals surface area (Å²) in [6.45, 7) is 2.18. The zero-order valence-corrected chi connectivity index (χ0v) is 17.9. The first-order valence-corrected chi connectivity index (χ1v) is 10.5. The summed E-state index contributed by atoms with van der Waals surface area (Å²) >= 11 is 6.17. The number of amides is 2. The molecule has 0 saturated carbocycles. The average molecular weight is 452 g/mol. The lowest BCUT2D eigenvalue weighted by molar-refractivity contribution is 0.102. The maximum atomic E-state index is 12.8. The first kappa shape index (κ1) is 21.7. The maximum absolute atomic E-state index is 12.8. The van der Waals surface area contributed by atoms with E-state index in [0.29, 0.717) is 35.1 Å². The lowest BCUT2D eigenvalue weighted by Crippen LogP contribution is -2.16. The Kier molecular flexibility index (Phi) is 6.89. The quantitative estimate of drug-likeness (QED) is 0.517. The second kappa shape index (κ2) is 10.2. The Morgan fingerprint density at radius 2 is 1.84 bits per heavy atom. The van der Waals surface area contributed by atoms with Gasteiger partial charge in [0.2, 0.25) is 0 Å². The summed E-state index contributed by atoms with van der Waals surface area (Å²) in [4.78, 5) is 24.9. The zero-order chi connectivity index (χ0) is 22.3. The van der Waals surface area contributed by atoms with E-state index < -0.39 is 6.09 Å². The topological polar surface area (TPSA) is 88.7 Å². The van der Waals surface area contributed by atoms with Gasteiger partial charge in [0, 0.05) is 46.7 Å². The molecule has 4 rings (SSSR count). The summed E-state index contributed by atoms with van der Waals surface area (Å²) in [5.41, 5.74) is 3.16. The first-order chi connectivity index (χ1) is 15.6. The molecule has 1 aliphatic heterocycles. The molecule has 1 heterocycles. The van der Waals surface area contributed by atoms with E-state index >= 15 is 0 Å². The molecule has 7 nitrogen and oxygen atoms in total. The van der Waals surface area contributed by atoms with Crippen LogP contribution < -0.4 is 20.7 Å². The Hall–Kier alpha value is -3.55. The van der Waals surface area contributed by atoms with Crippen molar-refractivity contribution in [3.8, 4) is 5.75 Å². The number of nitrogens with one attached hydrogen (secondary N) is 3. The van der Waals surface area contributed by atoms with Gasteiger partial charge < -0.3 is 20.1 Å². The number of rotatable bonds is 5. The number of halogens is 1. The SMILES string of the molecule is O=C(Nc1cc(Cl)cc(C(=O)Nc2ccc3c(c2)OCCNC3)c1)OCc1ccccc1. The zero-order valence-electron chi connectivity index (χ0n) is 17.2. The van der Waals surface area contributed by atoms with Crippen molar-refractivity contribution in [1.82, 2.24) is 5.32 Å². The highest BCUT2D eigenvalue weighted by atomic mass is 35.5. The fraction of sp³-hybridized carbons (Fsp3) is 0.167. The number of benzene rings is 3. The lowest BCUT2D eigenvalue weighted by atomic mass is 10.1. The molecule has 0 aromatic heterocycles. The van der Waals surface area contributed by atoms with Gasteiger partial charge in [-0.1, -0.05) is 48.0 Å². The molecule has 32 heavy (non-hydrogen) atoms. The minimum Gasteiger partial charge on any atom is -0.492 e. The fourth-order valence-electron chi connectivity index (χ4n) is 3.24. The van der Waals surface area contributed by atoms with Crippen molar-refractivity contribution in [1.29, 1.82) is 0 Å². The molecule has 0 aliphatic carbocycles. The molecule has 164 valence electrons. The molecule has 0 spiro atoms. The third-order valence-electron chi connectivity index (χ3n) is 4.80. The van der Waals surface area contributed by atoms with E-state index in [1.807, 2.05) is 42.5 Å². The molecule has 3 aromatic rings. The molecule has 1 aliphatic rings. The van der Waals surface area contributed by atoms with Gasteiger partial charge in [0.1, 0.15) is 19.0 Å². The highest BCUT2D eigenvalue weighted by Crippen LogP contribution is 2.26. The van der Waals surface area contributed by atoms with Gasteiger partial charge in [0.25, 0.3) is 5.91 Å². The maximum Gasteiger partial charge on any atom is 0.411 e. The van der Waals surface area contributed by atoms with Crippen molar-refractivity contribution < 1.29 is 19.1 Å². The molecule has 0 atom stereocenters. The van der Waals surface area contributed by atoms with Gasteiger partial charge in [0.05, 0.1) is 0 Å². The van der Waals surface area contributed by atoms with Crippen LogP contribution in [0.3, 0.4) is 0 Å². The Labute approximate surface area is 190 Å². The van der Waals surface area contributed by atoms with Gasteiger partial charge in [-0.15, -0.1) is 0 Å². The van der Waals surface area contributed by atoms with Crippen LogP contribution in [0.4, 0.5) is 16.2 Å². The van der Waals surface area contributed by atoms with Crippen LogP contribution in [-0.4, -0.2) is 25.2 Å². The van der Waals surface area contributed by atoms with E-state index in [-0.39, 0.29) is 12.5 Å². The Morgan fingerprint density at radius 1 is 1.00 bits per heavy atom. The molecular formula is C24H22ClN3O4. The summed E-state index contributed by atoms with van der Waals surface area (Å²) in [6.07, 6.45) is -0.640. The highest BCUT2D eigenvalue weighted by molar-refractivity contribution is 6.31. The minimum atomic E-state index is -0.640. The first-order valence-electron chi connectivity index (χ1n) is 10.1. The number of fused-ring (bicyclic) bond motifs is 1. The molecule has 0 fully saturated rings. The van der Waals surface area contributed by atoms with Crippen LogP contribution in [-0.2, 0) is 17.9 Å². The summed E-state index contributed by atoms with van der Waals surface area (Å²) < 4.78 is 10.9. The van der Waals surface area contributed by atoms with Crippen LogP contribution in [0.2, 0.25) is 5.02 Å². The summed E-state index contributed by atoms with van der Waals surface area (Å²) in [7, 11) is 0. The van der Waals surface area contributed by atoms with Gasteiger partial charge in [-0.25, -0.2) is 4.79 Å². The van der Waals surface area contributed by atoms with Crippen LogP contribution >= 0.6 is 11.6 Å². The van der Waals surface area contributed by atoms with E-state index in [1.165, 1.54) is 12.1 Å². The largest absolute Gasteiger partial charge is 0.492 e. The van der Waals surface area contributed by atoms with Crippen molar-refractivity contribution in [3.63, 3.8) is 0 Å². The second-order valence-electron chi connectivity index (χ2n) is 7.22. The monoisotopic (exact) mass is 451 g/mol. The highest BCUT2D eigenvalue weighted by Gasteiger charge is 2.14. The summed E-state index contributed by atoms with van der Waals surface area (Å²) in [6, 6.07) is 19.5. The summed E-state index contributed by atoms with van der Waals surface area (Å²) in [5, 5.41) is 9.03. The van der Waals surface area contributed by atoms with E-state index in [0.717, 1.165) is 23.4 Å². The van der Waals surface area contributed by atoms with Crippen LogP contribution in [0.15, 0.2) is 66.7 Å². The van der Waals surface area contributed by atoms with Gasteiger partial charge in [-0.2, -0.15) is 0 Å². The molecule has 2 amide bonds. The molecule has 0 bridgehead atoms. The van der Waals surface area contributed by atoms with Crippen molar-refractivity contribution >= 4 is 35.0 Å². The minimum absolute atomic E-state index is 0.135. The molecule has 3 N–H and O–H groups in total. The van der Waals surface area contributed by atoms with Crippen molar-refractivity contribution in [2.24, 2.45) is 0 Å².